The molecule has 21 heavy (non-hydrogen) atoms. The van der Waals surface area contributed by atoms with E-state index in [0.29, 0.717) is 6.42 Å². The molecule has 0 bridgehead atoms. The monoisotopic (exact) mass is 316 g/mol. The van der Waals surface area contributed by atoms with E-state index in [4.69, 9.17) is 0 Å². The molecule has 1 atom stereocenters. The highest BCUT2D eigenvalue weighted by Crippen LogP contribution is 2.26. The second-order valence-electron chi connectivity index (χ2n) is 5.08. The average molecular weight is 316 g/mol. The normalized spacial score (nSPS) is 13.7. The molecule has 0 saturated carbocycles. The summed E-state index contributed by atoms with van der Waals surface area (Å²) in [6.45, 7) is 2.74. The molecule has 1 aromatic carbocycles. The number of fused-ring (bicyclic) bond motifs is 1. The molecule has 1 aromatic heterocycles. The third-order valence-electron chi connectivity index (χ3n) is 3.22. The standard InChI is InChI=1S/C15H19F3N2S/c1-2-9-19-11(7-8-15(16,17)18)10-14-20-12-5-3-4-6-13(12)21-14/h3-6,11,19H,2,7-10H2,1H3. The van der Waals surface area contributed by atoms with Crippen molar-refractivity contribution in [2.75, 3.05) is 6.54 Å². The second kappa shape index (κ2) is 7.22. The van der Waals surface area contributed by atoms with Gasteiger partial charge in [-0.25, -0.2) is 4.98 Å². The van der Waals surface area contributed by atoms with Crippen molar-refractivity contribution in [1.29, 1.82) is 0 Å². The van der Waals surface area contributed by atoms with Crippen molar-refractivity contribution in [3.05, 3.63) is 29.3 Å². The lowest BCUT2D eigenvalue weighted by Gasteiger charge is -2.18. The van der Waals surface area contributed by atoms with Crippen molar-refractivity contribution in [2.24, 2.45) is 0 Å². The summed E-state index contributed by atoms with van der Waals surface area (Å²) in [6, 6.07) is 7.61. The fraction of sp³-hybridized carbons (Fsp3) is 0.533. The van der Waals surface area contributed by atoms with Crippen molar-refractivity contribution < 1.29 is 13.2 Å². The smallest absolute Gasteiger partial charge is 0.314 e. The highest BCUT2D eigenvalue weighted by Gasteiger charge is 2.28. The summed E-state index contributed by atoms with van der Waals surface area (Å²) in [5.74, 6) is 0. The topological polar surface area (TPSA) is 24.9 Å². The van der Waals surface area contributed by atoms with Gasteiger partial charge in [-0.15, -0.1) is 11.3 Å². The van der Waals surface area contributed by atoms with Gasteiger partial charge in [0, 0.05) is 18.9 Å². The molecule has 0 radical (unpaired) electrons. The van der Waals surface area contributed by atoms with Crippen LogP contribution in [0.3, 0.4) is 0 Å². The number of hydrogen-bond acceptors (Lipinski definition) is 3. The first-order chi connectivity index (χ1) is 9.98. The molecule has 0 aliphatic rings. The fourth-order valence-corrected chi connectivity index (χ4v) is 3.23. The van der Waals surface area contributed by atoms with Gasteiger partial charge in [-0.3, -0.25) is 0 Å². The number of alkyl halides is 3. The van der Waals surface area contributed by atoms with Gasteiger partial charge in [0.1, 0.15) is 0 Å². The van der Waals surface area contributed by atoms with Gasteiger partial charge in [-0.1, -0.05) is 19.1 Å². The Morgan fingerprint density at radius 3 is 2.71 bits per heavy atom. The lowest BCUT2D eigenvalue weighted by Crippen LogP contribution is -2.33. The van der Waals surface area contributed by atoms with Crippen LogP contribution in [0.25, 0.3) is 10.2 Å². The van der Waals surface area contributed by atoms with Crippen molar-refractivity contribution in [2.45, 2.75) is 44.8 Å². The summed E-state index contributed by atoms with van der Waals surface area (Å²) >= 11 is 1.56. The molecule has 2 aromatic rings. The van der Waals surface area contributed by atoms with Gasteiger partial charge in [-0.05, 0) is 31.5 Å². The van der Waals surface area contributed by atoms with Crippen LogP contribution in [0.1, 0.15) is 31.2 Å². The van der Waals surface area contributed by atoms with Crippen LogP contribution in [0.5, 0.6) is 0 Å². The van der Waals surface area contributed by atoms with E-state index in [0.717, 1.165) is 28.2 Å². The molecule has 1 N–H and O–H groups in total. The van der Waals surface area contributed by atoms with Crippen LogP contribution in [0, 0.1) is 0 Å². The van der Waals surface area contributed by atoms with E-state index in [1.165, 1.54) is 0 Å². The summed E-state index contributed by atoms with van der Waals surface area (Å²) in [4.78, 5) is 4.50. The summed E-state index contributed by atoms with van der Waals surface area (Å²) in [5, 5.41) is 4.10. The van der Waals surface area contributed by atoms with E-state index in [1.807, 2.05) is 31.2 Å². The van der Waals surface area contributed by atoms with Gasteiger partial charge in [0.25, 0.3) is 0 Å². The second-order valence-corrected chi connectivity index (χ2v) is 6.20. The number of thiazole rings is 1. The number of aromatic nitrogens is 1. The Morgan fingerprint density at radius 1 is 1.29 bits per heavy atom. The number of hydrogen-bond donors (Lipinski definition) is 1. The summed E-state index contributed by atoms with van der Waals surface area (Å²) in [5.41, 5.74) is 0.919. The van der Waals surface area contributed by atoms with Gasteiger partial charge in [-0.2, -0.15) is 13.2 Å². The fourth-order valence-electron chi connectivity index (χ4n) is 2.18. The van der Waals surface area contributed by atoms with Crippen molar-refractivity contribution in [3.8, 4) is 0 Å². The minimum absolute atomic E-state index is 0.0967. The zero-order valence-electron chi connectivity index (χ0n) is 11.9. The van der Waals surface area contributed by atoms with E-state index >= 15 is 0 Å². The van der Waals surface area contributed by atoms with Crippen LogP contribution < -0.4 is 5.32 Å². The number of nitrogens with zero attached hydrogens (tertiary/aromatic N) is 1. The van der Waals surface area contributed by atoms with E-state index in [2.05, 4.69) is 10.3 Å². The molecule has 0 saturated heterocycles. The number of nitrogens with one attached hydrogen (secondary N) is 1. The first-order valence-electron chi connectivity index (χ1n) is 7.12. The van der Waals surface area contributed by atoms with E-state index in [9.17, 15) is 13.2 Å². The third kappa shape index (κ3) is 5.28. The number of halogens is 3. The van der Waals surface area contributed by atoms with Gasteiger partial charge in [0.15, 0.2) is 0 Å². The maximum atomic E-state index is 12.4. The number of benzene rings is 1. The van der Waals surface area contributed by atoms with Gasteiger partial charge in [0.2, 0.25) is 0 Å². The molecule has 0 aliphatic carbocycles. The molecular formula is C15H19F3N2S. The minimum atomic E-state index is -4.10. The van der Waals surface area contributed by atoms with Crippen molar-refractivity contribution in [3.63, 3.8) is 0 Å². The molecule has 0 aliphatic heterocycles. The Kier molecular flexibility index (Phi) is 5.58. The maximum absolute atomic E-state index is 12.4. The van der Waals surface area contributed by atoms with E-state index < -0.39 is 12.6 Å². The van der Waals surface area contributed by atoms with Crippen LogP contribution in [0.15, 0.2) is 24.3 Å². The van der Waals surface area contributed by atoms with E-state index in [1.54, 1.807) is 11.3 Å². The highest BCUT2D eigenvalue weighted by molar-refractivity contribution is 7.18. The Balaban J connectivity index is 2.02. The quantitative estimate of drug-likeness (QED) is 0.810. The maximum Gasteiger partial charge on any atom is 0.389 e. The number of para-hydroxylation sites is 1. The van der Waals surface area contributed by atoms with E-state index in [-0.39, 0.29) is 12.5 Å². The highest BCUT2D eigenvalue weighted by atomic mass is 32.1. The summed E-state index contributed by atoms with van der Waals surface area (Å²) in [7, 11) is 0. The Morgan fingerprint density at radius 2 is 2.05 bits per heavy atom. The van der Waals surface area contributed by atoms with Crippen LogP contribution in [-0.4, -0.2) is 23.7 Å². The Labute approximate surface area is 126 Å². The average Bonchev–Trinajstić information content (AvgIpc) is 2.83. The third-order valence-corrected chi connectivity index (χ3v) is 4.28. The van der Waals surface area contributed by atoms with Crippen LogP contribution in [-0.2, 0) is 6.42 Å². The molecule has 116 valence electrons. The molecule has 0 fully saturated rings. The molecule has 2 rings (SSSR count). The van der Waals surface area contributed by atoms with Crippen LogP contribution in [0.2, 0.25) is 0 Å². The first kappa shape index (κ1) is 16.2. The predicted molar refractivity (Wildman–Crippen MR) is 80.7 cm³/mol. The van der Waals surface area contributed by atoms with Crippen LogP contribution >= 0.6 is 11.3 Å². The SMILES string of the molecule is CCCNC(CCC(F)(F)F)Cc1nc2ccccc2s1. The molecule has 0 spiro atoms. The van der Waals surface area contributed by atoms with Crippen molar-refractivity contribution in [1.82, 2.24) is 10.3 Å². The Bertz CT molecular complexity index is 532. The van der Waals surface area contributed by atoms with Crippen LogP contribution in [0.4, 0.5) is 13.2 Å². The van der Waals surface area contributed by atoms with Crippen molar-refractivity contribution >= 4 is 21.6 Å². The zero-order valence-corrected chi connectivity index (χ0v) is 12.7. The summed E-state index contributed by atoms with van der Waals surface area (Å²) in [6.07, 6.45) is -3.30. The van der Waals surface area contributed by atoms with Gasteiger partial charge >= 0.3 is 6.18 Å². The molecule has 2 nitrogen and oxygen atoms in total. The predicted octanol–water partition coefficient (Wildman–Crippen LogP) is 4.55. The minimum Gasteiger partial charge on any atom is -0.314 e. The zero-order chi connectivity index (χ0) is 15.3. The molecule has 1 unspecified atom stereocenters. The molecule has 6 heteroatoms. The molecular weight excluding hydrogens is 297 g/mol. The summed E-state index contributed by atoms with van der Waals surface area (Å²) < 4.78 is 38.3. The first-order valence-corrected chi connectivity index (χ1v) is 7.94. The lowest BCUT2D eigenvalue weighted by molar-refractivity contribution is -0.136. The van der Waals surface area contributed by atoms with Gasteiger partial charge < -0.3 is 5.32 Å². The Hall–Kier alpha value is -1.14. The largest absolute Gasteiger partial charge is 0.389 e. The molecule has 0 amide bonds. The number of rotatable bonds is 7. The lowest BCUT2D eigenvalue weighted by atomic mass is 10.1. The molecule has 1 heterocycles. The van der Waals surface area contributed by atoms with Gasteiger partial charge in [0.05, 0.1) is 15.2 Å².